The van der Waals surface area contributed by atoms with Crippen molar-refractivity contribution in [1.82, 2.24) is 9.97 Å². The standard InChI is InChI=1S/C13H14N4O/c1-2-18-7-10-16-11-8-5-3-4-6-9(8)15-13(14)12(11)17-10/h3-6H,2,7H2,1H3,(H2,14,15)(H,16,17)/p+1. The molecule has 0 aliphatic carbocycles. The molecule has 5 heteroatoms. The van der Waals surface area contributed by atoms with Crippen LogP contribution in [0.5, 0.6) is 0 Å². The molecule has 0 aliphatic rings. The Morgan fingerprint density at radius 3 is 3.06 bits per heavy atom. The molecule has 2 heterocycles. The molecule has 0 radical (unpaired) electrons. The van der Waals surface area contributed by atoms with E-state index >= 15 is 0 Å². The molecule has 0 spiro atoms. The SMILES string of the molecule is CCOCc1[nH]c2c(N)nc3ccccc3c2[nH+]1. The highest BCUT2D eigenvalue weighted by Crippen LogP contribution is 2.23. The molecule has 0 fully saturated rings. The van der Waals surface area contributed by atoms with Crippen LogP contribution in [0.25, 0.3) is 21.9 Å². The first-order valence-electron chi connectivity index (χ1n) is 5.95. The number of anilines is 1. The monoisotopic (exact) mass is 243 g/mol. The molecule has 92 valence electrons. The largest absolute Gasteiger partial charge is 0.380 e. The molecule has 3 aromatic rings. The van der Waals surface area contributed by atoms with Crippen LogP contribution in [0.1, 0.15) is 12.7 Å². The Bertz CT molecular complexity index is 705. The molecular weight excluding hydrogens is 228 g/mol. The quantitative estimate of drug-likeness (QED) is 0.734. The Hall–Kier alpha value is -2.14. The highest BCUT2D eigenvalue weighted by Gasteiger charge is 2.16. The first-order valence-corrected chi connectivity index (χ1v) is 5.95. The fourth-order valence-electron chi connectivity index (χ4n) is 2.10. The molecule has 0 saturated carbocycles. The number of rotatable bonds is 3. The lowest BCUT2D eigenvalue weighted by molar-refractivity contribution is -0.363. The number of nitrogens with one attached hydrogen (secondary N) is 2. The second-order valence-corrected chi connectivity index (χ2v) is 4.13. The van der Waals surface area contributed by atoms with Crippen molar-refractivity contribution < 1.29 is 9.72 Å². The summed E-state index contributed by atoms with van der Waals surface area (Å²) in [6, 6.07) is 7.92. The van der Waals surface area contributed by atoms with Crippen molar-refractivity contribution in [3.8, 4) is 0 Å². The second kappa shape index (κ2) is 4.27. The lowest BCUT2D eigenvalue weighted by Gasteiger charge is -1.96. The van der Waals surface area contributed by atoms with E-state index in [1.807, 2.05) is 31.2 Å². The number of benzene rings is 1. The predicted molar refractivity (Wildman–Crippen MR) is 69.9 cm³/mol. The molecule has 0 aliphatic heterocycles. The lowest BCUT2D eigenvalue weighted by Crippen LogP contribution is -2.09. The number of ether oxygens (including phenoxy) is 1. The Morgan fingerprint density at radius 2 is 2.22 bits per heavy atom. The topological polar surface area (TPSA) is 78.1 Å². The molecule has 0 amide bonds. The highest BCUT2D eigenvalue weighted by atomic mass is 16.5. The van der Waals surface area contributed by atoms with Crippen LogP contribution in [0.3, 0.4) is 0 Å². The van der Waals surface area contributed by atoms with E-state index in [1.54, 1.807) is 0 Å². The highest BCUT2D eigenvalue weighted by molar-refractivity contribution is 6.03. The molecule has 0 saturated heterocycles. The summed E-state index contributed by atoms with van der Waals surface area (Å²) in [5.41, 5.74) is 8.67. The summed E-state index contributed by atoms with van der Waals surface area (Å²) in [6.45, 7) is 3.16. The number of imidazole rings is 1. The summed E-state index contributed by atoms with van der Waals surface area (Å²) in [5.74, 6) is 1.40. The molecule has 0 unspecified atom stereocenters. The maximum absolute atomic E-state index is 5.96. The summed E-state index contributed by atoms with van der Waals surface area (Å²) in [5, 5.41) is 1.06. The van der Waals surface area contributed by atoms with Crippen molar-refractivity contribution in [3.05, 3.63) is 30.1 Å². The van der Waals surface area contributed by atoms with Gasteiger partial charge < -0.3 is 10.5 Å². The average molecular weight is 243 g/mol. The number of aromatic amines is 2. The minimum atomic E-state index is 0.502. The Morgan fingerprint density at radius 1 is 1.39 bits per heavy atom. The third-order valence-corrected chi connectivity index (χ3v) is 2.92. The van der Waals surface area contributed by atoms with Crippen molar-refractivity contribution in [2.24, 2.45) is 0 Å². The molecule has 5 nitrogen and oxygen atoms in total. The van der Waals surface area contributed by atoms with Gasteiger partial charge in [-0.15, -0.1) is 0 Å². The van der Waals surface area contributed by atoms with Crippen LogP contribution in [0.15, 0.2) is 24.3 Å². The third-order valence-electron chi connectivity index (χ3n) is 2.92. The maximum Gasteiger partial charge on any atom is 0.279 e. The van der Waals surface area contributed by atoms with Gasteiger partial charge in [0.2, 0.25) is 5.52 Å². The van der Waals surface area contributed by atoms with E-state index in [2.05, 4.69) is 15.0 Å². The average Bonchev–Trinajstić information content (AvgIpc) is 2.81. The summed E-state index contributed by atoms with van der Waals surface area (Å²) in [7, 11) is 0. The van der Waals surface area contributed by atoms with Crippen molar-refractivity contribution in [3.63, 3.8) is 0 Å². The summed E-state index contributed by atoms with van der Waals surface area (Å²) in [4.78, 5) is 10.9. The van der Waals surface area contributed by atoms with Gasteiger partial charge in [0.25, 0.3) is 5.82 Å². The zero-order valence-electron chi connectivity index (χ0n) is 10.2. The normalized spacial score (nSPS) is 11.4. The minimum Gasteiger partial charge on any atom is -0.380 e. The van der Waals surface area contributed by atoms with Gasteiger partial charge in [0, 0.05) is 6.61 Å². The van der Waals surface area contributed by atoms with Gasteiger partial charge in [0.1, 0.15) is 6.61 Å². The molecule has 3 rings (SSSR count). The number of nitrogen functional groups attached to an aromatic ring is 1. The van der Waals surface area contributed by atoms with Crippen molar-refractivity contribution in [1.29, 1.82) is 0 Å². The van der Waals surface area contributed by atoms with Gasteiger partial charge in [0.15, 0.2) is 11.3 Å². The Balaban J connectivity index is 2.24. The lowest BCUT2D eigenvalue weighted by atomic mass is 10.2. The van der Waals surface area contributed by atoms with Gasteiger partial charge >= 0.3 is 0 Å². The van der Waals surface area contributed by atoms with Crippen LogP contribution in [-0.2, 0) is 11.3 Å². The van der Waals surface area contributed by atoms with E-state index in [4.69, 9.17) is 10.5 Å². The Kier molecular flexibility index (Phi) is 2.60. The fourth-order valence-corrected chi connectivity index (χ4v) is 2.10. The zero-order chi connectivity index (χ0) is 12.5. The molecule has 4 N–H and O–H groups in total. The van der Waals surface area contributed by atoms with Crippen LogP contribution < -0.4 is 10.7 Å². The summed E-state index contributed by atoms with van der Waals surface area (Å²) >= 11 is 0. The van der Waals surface area contributed by atoms with Crippen molar-refractivity contribution in [2.75, 3.05) is 12.3 Å². The number of H-pyrrole nitrogens is 2. The van der Waals surface area contributed by atoms with E-state index < -0.39 is 0 Å². The second-order valence-electron chi connectivity index (χ2n) is 4.13. The number of pyridine rings is 1. The first kappa shape index (κ1) is 11.0. The third kappa shape index (κ3) is 1.69. The van der Waals surface area contributed by atoms with E-state index in [0.717, 1.165) is 27.8 Å². The van der Waals surface area contributed by atoms with Crippen LogP contribution in [0, 0.1) is 0 Å². The van der Waals surface area contributed by atoms with Gasteiger partial charge in [-0.2, -0.15) is 0 Å². The number of para-hydroxylation sites is 1. The number of hydrogen-bond acceptors (Lipinski definition) is 3. The zero-order valence-corrected chi connectivity index (χ0v) is 10.2. The number of aromatic nitrogens is 3. The van der Waals surface area contributed by atoms with Crippen LogP contribution >= 0.6 is 0 Å². The van der Waals surface area contributed by atoms with Crippen LogP contribution in [-0.4, -0.2) is 16.6 Å². The van der Waals surface area contributed by atoms with Crippen molar-refractivity contribution >= 4 is 27.8 Å². The molecule has 0 atom stereocenters. The van der Waals surface area contributed by atoms with E-state index in [1.165, 1.54) is 0 Å². The smallest absolute Gasteiger partial charge is 0.279 e. The van der Waals surface area contributed by atoms with Gasteiger partial charge in [-0.3, -0.25) is 0 Å². The van der Waals surface area contributed by atoms with Crippen molar-refractivity contribution in [2.45, 2.75) is 13.5 Å². The fraction of sp³-hybridized carbons (Fsp3) is 0.231. The summed E-state index contributed by atoms with van der Waals surface area (Å²) in [6.07, 6.45) is 0. The molecule has 2 aromatic heterocycles. The van der Waals surface area contributed by atoms with E-state index in [0.29, 0.717) is 19.0 Å². The first-order chi connectivity index (χ1) is 8.79. The van der Waals surface area contributed by atoms with Gasteiger partial charge in [-0.05, 0) is 19.1 Å². The minimum absolute atomic E-state index is 0.502. The maximum atomic E-state index is 5.96. The number of fused-ring (bicyclic) bond motifs is 3. The molecule has 1 aromatic carbocycles. The van der Waals surface area contributed by atoms with Crippen LogP contribution in [0.4, 0.5) is 5.82 Å². The van der Waals surface area contributed by atoms with Gasteiger partial charge in [0.05, 0.1) is 10.9 Å². The predicted octanol–water partition coefficient (Wildman–Crippen LogP) is 1.65. The molecular formula is C13H15N4O+. The Labute approximate surface area is 104 Å². The van der Waals surface area contributed by atoms with Gasteiger partial charge in [-0.1, -0.05) is 12.1 Å². The summed E-state index contributed by atoms with van der Waals surface area (Å²) < 4.78 is 5.38. The van der Waals surface area contributed by atoms with E-state index in [-0.39, 0.29) is 0 Å². The number of hydrogen-bond donors (Lipinski definition) is 2. The molecule has 18 heavy (non-hydrogen) atoms. The number of nitrogens with zero attached hydrogens (tertiary/aromatic N) is 1. The van der Waals surface area contributed by atoms with E-state index in [9.17, 15) is 0 Å². The van der Waals surface area contributed by atoms with Crippen LogP contribution in [0.2, 0.25) is 0 Å². The molecule has 0 bridgehead atoms. The number of nitrogens with two attached hydrogens (primary N) is 1. The van der Waals surface area contributed by atoms with Gasteiger partial charge in [-0.25, -0.2) is 15.0 Å².